The molecule has 0 spiro atoms. The van der Waals surface area contributed by atoms with Crippen LogP contribution >= 0.6 is 0 Å². The molecule has 5 heteroatoms. The van der Waals surface area contributed by atoms with Gasteiger partial charge in [0.05, 0.1) is 11.8 Å². The van der Waals surface area contributed by atoms with Gasteiger partial charge in [0.15, 0.2) is 5.82 Å². The predicted octanol–water partition coefficient (Wildman–Crippen LogP) is 1.51. The quantitative estimate of drug-likeness (QED) is 0.919. The Bertz CT molecular complexity index is 617. The second-order valence-electron chi connectivity index (χ2n) is 5.63. The summed E-state index contributed by atoms with van der Waals surface area (Å²) in [5.74, 6) is 1.51. The van der Waals surface area contributed by atoms with E-state index in [1.807, 2.05) is 26.5 Å². The Balaban J connectivity index is 1.94. The first-order chi connectivity index (χ1) is 9.67. The second-order valence-corrected chi connectivity index (χ2v) is 5.63. The molecular weight excluding hydrogens is 250 g/mol. The summed E-state index contributed by atoms with van der Waals surface area (Å²) < 4.78 is 1.79. The van der Waals surface area contributed by atoms with E-state index >= 15 is 0 Å². The van der Waals surface area contributed by atoms with E-state index in [1.165, 1.54) is 17.7 Å². The fourth-order valence-corrected chi connectivity index (χ4v) is 2.99. The zero-order chi connectivity index (χ0) is 14.1. The second kappa shape index (κ2) is 5.32. The van der Waals surface area contributed by atoms with Gasteiger partial charge in [-0.1, -0.05) is 0 Å². The highest BCUT2D eigenvalue weighted by Gasteiger charge is 2.22. The van der Waals surface area contributed by atoms with Crippen molar-refractivity contribution in [2.45, 2.75) is 26.2 Å². The lowest BCUT2D eigenvalue weighted by molar-refractivity contribution is 0.433. The Morgan fingerprint density at radius 2 is 2.25 bits per heavy atom. The third-order valence-corrected chi connectivity index (χ3v) is 4.04. The zero-order valence-corrected chi connectivity index (χ0v) is 12.3. The summed E-state index contributed by atoms with van der Waals surface area (Å²) in [5, 5.41) is 7.48. The minimum absolute atomic E-state index is 0.707. The van der Waals surface area contributed by atoms with E-state index in [2.05, 4.69) is 22.3 Å². The number of aromatic nitrogens is 4. The fourth-order valence-electron chi connectivity index (χ4n) is 2.99. The standard InChI is InChI=1S/C15H21N5/c1-10-13-6-11(7-16-2)4-5-14(13)19-15(18-10)12-8-17-20(3)9-12/h8-9,11,16H,4-7H2,1-3H3. The van der Waals surface area contributed by atoms with Crippen LogP contribution in [0.1, 0.15) is 23.4 Å². The molecule has 0 aromatic carbocycles. The maximum atomic E-state index is 4.77. The Hall–Kier alpha value is -1.75. The first-order valence-corrected chi connectivity index (χ1v) is 7.17. The molecule has 0 saturated carbocycles. The van der Waals surface area contributed by atoms with E-state index in [1.54, 1.807) is 4.68 Å². The van der Waals surface area contributed by atoms with Crippen LogP contribution in [0.5, 0.6) is 0 Å². The molecule has 0 fully saturated rings. The van der Waals surface area contributed by atoms with Gasteiger partial charge in [0, 0.05) is 24.6 Å². The lowest BCUT2D eigenvalue weighted by atomic mass is 9.85. The lowest BCUT2D eigenvalue weighted by Crippen LogP contribution is -2.26. The summed E-state index contributed by atoms with van der Waals surface area (Å²) >= 11 is 0. The average Bonchev–Trinajstić information content (AvgIpc) is 2.86. The van der Waals surface area contributed by atoms with Gasteiger partial charge in [0.2, 0.25) is 0 Å². The number of fused-ring (bicyclic) bond motifs is 1. The topological polar surface area (TPSA) is 55.6 Å². The van der Waals surface area contributed by atoms with Crippen LogP contribution in [0.25, 0.3) is 11.4 Å². The van der Waals surface area contributed by atoms with E-state index in [4.69, 9.17) is 4.98 Å². The van der Waals surface area contributed by atoms with Crippen molar-refractivity contribution in [3.63, 3.8) is 0 Å². The van der Waals surface area contributed by atoms with E-state index in [0.717, 1.165) is 36.5 Å². The van der Waals surface area contributed by atoms with Crippen LogP contribution < -0.4 is 5.32 Å². The molecule has 0 aliphatic heterocycles. The molecule has 2 heterocycles. The molecule has 1 aliphatic carbocycles. The highest BCUT2D eigenvalue weighted by molar-refractivity contribution is 5.53. The van der Waals surface area contributed by atoms with Crippen molar-refractivity contribution in [2.24, 2.45) is 13.0 Å². The molecule has 5 nitrogen and oxygen atoms in total. The van der Waals surface area contributed by atoms with E-state index in [0.29, 0.717) is 5.92 Å². The molecule has 2 aromatic heterocycles. The Morgan fingerprint density at radius 1 is 1.40 bits per heavy atom. The van der Waals surface area contributed by atoms with E-state index < -0.39 is 0 Å². The monoisotopic (exact) mass is 271 g/mol. The van der Waals surface area contributed by atoms with Crippen molar-refractivity contribution in [3.05, 3.63) is 29.3 Å². The molecule has 106 valence electrons. The normalized spacial score (nSPS) is 18.1. The third kappa shape index (κ3) is 2.45. The van der Waals surface area contributed by atoms with Gasteiger partial charge in [-0.05, 0) is 51.3 Å². The molecule has 1 atom stereocenters. The van der Waals surface area contributed by atoms with Crippen molar-refractivity contribution in [1.82, 2.24) is 25.1 Å². The zero-order valence-electron chi connectivity index (χ0n) is 12.3. The fraction of sp³-hybridized carbons (Fsp3) is 0.533. The van der Waals surface area contributed by atoms with Crippen LogP contribution in [-0.2, 0) is 19.9 Å². The molecule has 3 rings (SSSR count). The molecule has 2 aromatic rings. The van der Waals surface area contributed by atoms with Gasteiger partial charge in [-0.15, -0.1) is 0 Å². The Morgan fingerprint density at radius 3 is 2.95 bits per heavy atom. The smallest absolute Gasteiger partial charge is 0.162 e. The maximum Gasteiger partial charge on any atom is 0.162 e. The molecule has 1 unspecified atom stereocenters. The van der Waals surface area contributed by atoms with Gasteiger partial charge >= 0.3 is 0 Å². The Kier molecular flexibility index (Phi) is 3.53. The Labute approximate surface area is 119 Å². The molecule has 1 N–H and O–H groups in total. The van der Waals surface area contributed by atoms with Crippen molar-refractivity contribution in [1.29, 1.82) is 0 Å². The van der Waals surface area contributed by atoms with Crippen LogP contribution in [0.2, 0.25) is 0 Å². The number of hydrogen-bond acceptors (Lipinski definition) is 4. The van der Waals surface area contributed by atoms with Crippen LogP contribution in [0.15, 0.2) is 12.4 Å². The number of nitrogens with one attached hydrogen (secondary N) is 1. The van der Waals surface area contributed by atoms with Gasteiger partial charge in [0.1, 0.15) is 0 Å². The first-order valence-electron chi connectivity index (χ1n) is 7.17. The van der Waals surface area contributed by atoms with Gasteiger partial charge in [-0.2, -0.15) is 5.10 Å². The average molecular weight is 271 g/mol. The minimum atomic E-state index is 0.707. The number of rotatable bonds is 3. The van der Waals surface area contributed by atoms with Crippen LogP contribution in [0, 0.1) is 12.8 Å². The largest absolute Gasteiger partial charge is 0.319 e. The molecule has 0 amide bonds. The first kappa shape index (κ1) is 13.2. The molecule has 0 radical (unpaired) electrons. The van der Waals surface area contributed by atoms with Crippen molar-refractivity contribution in [3.8, 4) is 11.4 Å². The number of aryl methyl sites for hydroxylation is 3. The molecular formula is C15H21N5. The number of nitrogens with zero attached hydrogens (tertiary/aromatic N) is 4. The van der Waals surface area contributed by atoms with Crippen LogP contribution in [0.3, 0.4) is 0 Å². The highest BCUT2D eigenvalue weighted by Crippen LogP contribution is 2.27. The molecule has 0 bridgehead atoms. The van der Waals surface area contributed by atoms with Gasteiger partial charge in [-0.25, -0.2) is 9.97 Å². The lowest BCUT2D eigenvalue weighted by Gasteiger charge is -2.25. The van der Waals surface area contributed by atoms with Crippen LogP contribution in [0.4, 0.5) is 0 Å². The van der Waals surface area contributed by atoms with E-state index in [9.17, 15) is 0 Å². The van der Waals surface area contributed by atoms with Gasteiger partial charge in [-0.3, -0.25) is 4.68 Å². The van der Waals surface area contributed by atoms with Crippen molar-refractivity contribution < 1.29 is 0 Å². The van der Waals surface area contributed by atoms with Crippen LogP contribution in [-0.4, -0.2) is 33.3 Å². The maximum absolute atomic E-state index is 4.77. The van der Waals surface area contributed by atoms with Gasteiger partial charge in [0.25, 0.3) is 0 Å². The molecule has 20 heavy (non-hydrogen) atoms. The molecule has 1 aliphatic rings. The summed E-state index contributed by atoms with van der Waals surface area (Å²) in [6, 6.07) is 0. The van der Waals surface area contributed by atoms with Gasteiger partial charge < -0.3 is 5.32 Å². The summed E-state index contributed by atoms with van der Waals surface area (Å²) in [4.78, 5) is 9.45. The van der Waals surface area contributed by atoms with E-state index in [-0.39, 0.29) is 0 Å². The third-order valence-electron chi connectivity index (χ3n) is 4.04. The predicted molar refractivity (Wildman–Crippen MR) is 78.4 cm³/mol. The van der Waals surface area contributed by atoms with Crippen molar-refractivity contribution in [2.75, 3.05) is 13.6 Å². The highest BCUT2D eigenvalue weighted by atomic mass is 15.2. The summed E-state index contributed by atoms with van der Waals surface area (Å²) in [6.45, 7) is 3.17. The number of hydrogen-bond donors (Lipinski definition) is 1. The molecule has 0 saturated heterocycles. The summed E-state index contributed by atoms with van der Waals surface area (Å²) in [7, 11) is 3.93. The van der Waals surface area contributed by atoms with Crippen molar-refractivity contribution >= 4 is 0 Å². The summed E-state index contributed by atoms with van der Waals surface area (Å²) in [6.07, 6.45) is 7.14. The summed E-state index contributed by atoms with van der Waals surface area (Å²) in [5.41, 5.74) is 4.69. The minimum Gasteiger partial charge on any atom is -0.319 e. The SMILES string of the molecule is CNCC1CCc2nc(-c3cnn(C)c3)nc(C)c2C1.